The Balaban J connectivity index is 2.28. The zero-order valence-corrected chi connectivity index (χ0v) is 10.3. The first kappa shape index (κ1) is 12.5. The van der Waals surface area contributed by atoms with Crippen LogP contribution < -0.4 is 16.0 Å². The van der Waals surface area contributed by atoms with Crippen LogP contribution in [0.25, 0.3) is 0 Å². The first-order valence-electron chi connectivity index (χ1n) is 5.59. The summed E-state index contributed by atoms with van der Waals surface area (Å²) >= 11 is 0. The van der Waals surface area contributed by atoms with Crippen molar-refractivity contribution < 1.29 is 14.0 Å². The highest BCUT2D eigenvalue weighted by atomic mass is 16.4. The van der Waals surface area contributed by atoms with E-state index in [0.717, 1.165) is 0 Å². The van der Waals surface area contributed by atoms with Gasteiger partial charge >= 0.3 is 6.01 Å². The van der Waals surface area contributed by atoms with E-state index in [-0.39, 0.29) is 12.6 Å². The average Bonchev–Trinajstić information content (AvgIpc) is 2.73. The van der Waals surface area contributed by atoms with Gasteiger partial charge in [0.2, 0.25) is 11.8 Å². The number of imide groups is 1. The van der Waals surface area contributed by atoms with Crippen LogP contribution in [-0.2, 0) is 16.0 Å². The summed E-state index contributed by atoms with van der Waals surface area (Å²) in [6.45, 7) is 3.76. The van der Waals surface area contributed by atoms with Crippen LogP contribution in [0.15, 0.2) is 4.42 Å². The maximum atomic E-state index is 11.8. The van der Waals surface area contributed by atoms with Gasteiger partial charge in [0.1, 0.15) is 12.1 Å². The topological polar surface area (TPSA) is 114 Å². The van der Waals surface area contributed by atoms with Gasteiger partial charge in [-0.2, -0.15) is 0 Å². The fraction of sp³-hybridized carbons (Fsp3) is 0.600. The van der Waals surface area contributed by atoms with E-state index in [1.807, 2.05) is 0 Å². The fourth-order valence-corrected chi connectivity index (χ4v) is 1.67. The third-order valence-electron chi connectivity index (χ3n) is 2.83. The molecule has 2 rings (SSSR count). The zero-order valence-electron chi connectivity index (χ0n) is 10.3. The molecule has 0 unspecified atom stereocenters. The quantitative estimate of drug-likeness (QED) is 0.651. The highest BCUT2D eigenvalue weighted by Gasteiger charge is 2.43. The highest BCUT2D eigenvalue weighted by molar-refractivity contribution is 6.06. The lowest BCUT2D eigenvalue weighted by Gasteiger charge is -2.38. The first-order valence-corrected chi connectivity index (χ1v) is 5.59. The van der Waals surface area contributed by atoms with Crippen LogP contribution >= 0.6 is 0 Å². The lowest BCUT2D eigenvalue weighted by molar-refractivity contribution is -0.135. The number of amides is 2. The van der Waals surface area contributed by atoms with E-state index >= 15 is 0 Å². The molecule has 1 aromatic heterocycles. The number of aromatic nitrogens is 2. The van der Waals surface area contributed by atoms with Gasteiger partial charge in [-0.3, -0.25) is 14.9 Å². The van der Waals surface area contributed by atoms with Crippen molar-refractivity contribution in [2.75, 3.05) is 18.0 Å². The van der Waals surface area contributed by atoms with E-state index < -0.39 is 17.4 Å². The van der Waals surface area contributed by atoms with Crippen molar-refractivity contribution in [2.24, 2.45) is 5.73 Å². The number of carbonyl (C=O) groups is 2. The van der Waals surface area contributed by atoms with Crippen molar-refractivity contribution in [3.05, 3.63) is 5.89 Å². The number of piperazine rings is 1. The predicted molar refractivity (Wildman–Crippen MR) is 61.6 cm³/mol. The van der Waals surface area contributed by atoms with Gasteiger partial charge in [0, 0.05) is 13.0 Å². The van der Waals surface area contributed by atoms with E-state index in [1.165, 1.54) is 4.90 Å². The number of nitrogens with zero attached hydrogens (tertiary/aromatic N) is 3. The summed E-state index contributed by atoms with van der Waals surface area (Å²) in [7, 11) is 0. The van der Waals surface area contributed by atoms with Crippen molar-refractivity contribution >= 4 is 17.8 Å². The summed E-state index contributed by atoms with van der Waals surface area (Å²) in [4.78, 5) is 24.6. The summed E-state index contributed by atoms with van der Waals surface area (Å²) in [5.41, 5.74) is 4.47. The van der Waals surface area contributed by atoms with Crippen LogP contribution in [0, 0.1) is 0 Å². The molecule has 0 saturated carbocycles. The Morgan fingerprint density at radius 2 is 2.17 bits per heavy atom. The Kier molecular flexibility index (Phi) is 3.04. The molecular weight excluding hydrogens is 238 g/mol. The van der Waals surface area contributed by atoms with Crippen molar-refractivity contribution in [3.63, 3.8) is 0 Å². The van der Waals surface area contributed by atoms with E-state index in [2.05, 4.69) is 15.5 Å². The SMILES string of the molecule is CC1(C)C(=O)NC(=O)CN1c1nnc(CCN)o1. The second-order valence-electron chi connectivity index (χ2n) is 4.54. The normalized spacial score (nSPS) is 18.9. The minimum atomic E-state index is -0.916. The molecule has 0 aliphatic carbocycles. The van der Waals surface area contributed by atoms with Gasteiger partial charge in [0.05, 0.1) is 0 Å². The molecule has 98 valence electrons. The van der Waals surface area contributed by atoms with Crippen molar-refractivity contribution in [1.29, 1.82) is 0 Å². The van der Waals surface area contributed by atoms with Gasteiger partial charge < -0.3 is 15.1 Å². The molecule has 2 heterocycles. The second kappa shape index (κ2) is 4.37. The largest absolute Gasteiger partial charge is 0.408 e. The molecule has 3 N–H and O–H groups in total. The minimum absolute atomic E-state index is 0.00297. The third kappa shape index (κ3) is 2.06. The minimum Gasteiger partial charge on any atom is -0.408 e. The predicted octanol–water partition coefficient (Wildman–Crippen LogP) is -1.19. The molecule has 0 aromatic carbocycles. The molecule has 18 heavy (non-hydrogen) atoms. The van der Waals surface area contributed by atoms with Gasteiger partial charge in [-0.1, -0.05) is 5.10 Å². The standard InChI is InChI=1S/C10H15N5O3/c1-10(2)8(17)12-6(16)5-15(10)9-14-13-7(18-9)3-4-11/h3-5,11H2,1-2H3,(H,12,16,17). The third-order valence-corrected chi connectivity index (χ3v) is 2.83. The molecule has 0 radical (unpaired) electrons. The van der Waals surface area contributed by atoms with Gasteiger partial charge in [0.15, 0.2) is 0 Å². The van der Waals surface area contributed by atoms with Gasteiger partial charge in [-0.05, 0) is 13.8 Å². The van der Waals surface area contributed by atoms with Crippen LogP contribution in [0.3, 0.4) is 0 Å². The summed E-state index contributed by atoms with van der Waals surface area (Å²) in [5.74, 6) is -0.392. The number of carbonyl (C=O) groups excluding carboxylic acids is 2. The van der Waals surface area contributed by atoms with Crippen LogP contribution in [0.1, 0.15) is 19.7 Å². The molecule has 8 nitrogen and oxygen atoms in total. The van der Waals surface area contributed by atoms with E-state index in [0.29, 0.717) is 18.9 Å². The monoisotopic (exact) mass is 253 g/mol. The van der Waals surface area contributed by atoms with Crippen LogP contribution in [0.2, 0.25) is 0 Å². The van der Waals surface area contributed by atoms with Crippen molar-refractivity contribution in [3.8, 4) is 0 Å². The summed E-state index contributed by atoms with van der Waals surface area (Å²) in [5, 5.41) is 9.93. The Morgan fingerprint density at radius 3 is 2.83 bits per heavy atom. The second-order valence-corrected chi connectivity index (χ2v) is 4.54. The number of anilines is 1. The van der Waals surface area contributed by atoms with Crippen molar-refractivity contribution in [1.82, 2.24) is 15.5 Å². The lowest BCUT2D eigenvalue weighted by Crippen LogP contribution is -2.64. The van der Waals surface area contributed by atoms with Crippen LogP contribution in [0.4, 0.5) is 6.01 Å². The van der Waals surface area contributed by atoms with E-state index in [1.54, 1.807) is 13.8 Å². The van der Waals surface area contributed by atoms with Crippen LogP contribution in [-0.4, -0.2) is 40.6 Å². The Hall–Kier alpha value is -1.96. The van der Waals surface area contributed by atoms with Gasteiger partial charge in [0.25, 0.3) is 5.91 Å². The Labute approximate surface area is 104 Å². The highest BCUT2D eigenvalue weighted by Crippen LogP contribution is 2.25. The smallest absolute Gasteiger partial charge is 0.319 e. The molecule has 8 heteroatoms. The Bertz CT molecular complexity index is 482. The molecular formula is C10H15N5O3. The molecule has 0 atom stereocenters. The molecule has 0 spiro atoms. The Morgan fingerprint density at radius 1 is 1.44 bits per heavy atom. The average molecular weight is 253 g/mol. The molecule has 1 saturated heterocycles. The van der Waals surface area contributed by atoms with E-state index in [9.17, 15) is 9.59 Å². The van der Waals surface area contributed by atoms with Crippen molar-refractivity contribution in [2.45, 2.75) is 25.8 Å². The number of hydrogen-bond donors (Lipinski definition) is 2. The van der Waals surface area contributed by atoms with Gasteiger partial charge in [-0.25, -0.2) is 0 Å². The number of rotatable bonds is 3. The molecule has 0 bridgehead atoms. The number of hydrogen-bond acceptors (Lipinski definition) is 7. The number of nitrogens with one attached hydrogen (secondary N) is 1. The molecule has 1 fully saturated rings. The van der Waals surface area contributed by atoms with Crippen LogP contribution in [0.5, 0.6) is 0 Å². The summed E-state index contributed by atoms with van der Waals surface area (Å²) in [6.07, 6.45) is 0.460. The summed E-state index contributed by atoms with van der Waals surface area (Å²) in [6, 6.07) is 0.159. The van der Waals surface area contributed by atoms with Gasteiger partial charge in [-0.15, -0.1) is 5.10 Å². The zero-order chi connectivity index (χ0) is 13.3. The van der Waals surface area contributed by atoms with E-state index in [4.69, 9.17) is 10.2 Å². The molecule has 1 aliphatic rings. The lowest BCUT2D eigenvalue weighted by atomic mass is 9.99. The molecule has 1 aromatic rings. The first-order chi connectivity index (χ1) is 8.45. The fourth-order valence-electron chi connectivity index (χ4n) is 1.67. The maximum Gasteiger partial charge on any atom is 0.319 e. The maximum absolute atomic E-state index is 11.8. The summed E-state index contributed by atoms with van der Waals surface area (Å²) < 4.78 is 5.39. The number of nitrogens with two attached hydrogens (primary N) is 1. The molecule has 1 aliphatic heterocycles. The molecule has 2 amide bonds.